The van der Waals surface area contributed by atoms with Crippen molar-refractivity contribution in [3.05, 3.63) is 23.7 Å². The maximum atomic E-state index is 12.6. The summed E-state index contributed by atoms with van der Waals surface area (Å²) in [7, 11) is 0. The van der Waals surface area contributed by atoms with Gasteiger partial charge in [0.1, 0.15) is 23.6 Å². The Morgan fingerprint density at radius 2 is 2.05 bits per heavy atom. The molecule has 1 aromatic heterocycles. The van der Waals surface area contributed by atoms with Gasteiger partial charge in [-0.15, -0.1) is 0 Å². The van der Waals surface area contributed by atoms with E-state index in [1.807, 2.05) is 19.1 Å². The maximum Gasteiger partial charge on any atom is 0.249 e. The standard InChI is InChI=1S/C14H18N2O3/c1-10-4-5-11(19-10)8-16-9-12(17)15-14(13(16)18)6-2-3-7-14/h4-5H,2-3,6-9H2,1H3,(H,15,17). The number of nitrogens with zero attached hydrogens (tertiary/aromatic N) is 1. The van der Waals surface area contributed by atoms with Crippen molar-refractivity contribution in [1.29, 1.82) is 0 Å². The molecule has 1 N–H and O–H groups in total. The molecule has 1 spiro atoms. The second-order valence-electron chi connectivity index (χ2n) is 5.51. The lowest BCUT2D eigenvalue weighted by molar-refractivity contribution is -0.150. The third-order valence-electron chi connectivity index (χ3n) is 4.01. The molecule has 1 aliphatic carbocycles. The van der Waals surface area contributed by atoms with Gasteiger partial charge < -0.3 is 14.6 Å². The van der Waals surface area contributed by atoms with Gasteiger partial charge in [0, 0.05) is 0 Å². The Bertz CT molecular complexity index is 515. The van der Waals surface area contributed by atoms with Gasteiger partial charge in [-0.3, -0.25) is 9.59 Å². The molecule has 2 aliphatic rings. The Morgan fingerprint density at radius 3 is 2.68 bits per heavy atom. The first kappa shape index (κ1) is 12.3. The molecule has 2 amide bonds. The van der Waals surface area contributed by atoms with Gasteiger partial charge in [-0.25, -0.2) is 0 Å². The summed E-state index contributed by atoms with van der Waals surface area (Å²) >= 11 is 0. The lowest BCUT2D eigenvalue weighted by atomic mass is 9.93. The average molecular weight is 262 g/mol. The molecule has 102 valence electrons. The third-order valence-corrected chi connectivity index (χ3v) is 4.01. The second kappa shape index (κ2) is 4.40. The Balaban J connectivity index is 1.80. The third kappa shape index (κ3) is 2.13. The van der Waals surface area contributed by atoms with E-state index in [4.69, 9.17) is 4.42 Å². The van der Waals surface area contributed by atoms with E-state index in [1.54, 1.807) is 4.90 Å². The van der Waals surface area contributed by atoms with Gasteiger partial charge in [-0.1, -0.05) is 12.8 Å². The Kier molecular flexibility index (Phi) is 2.84. The Labute approximate surface area is 111 Å². The van der Waals surface area contributed by atoms with Gasteiger partial charge in [-0.05, 0) is 31.9 Å². The maximum absolute atomic E-state index is 12.6. The molecule has 0 atom stereocenters. The normalized spacial score (nSPS) is 22.1. The Morgan fingerprint density at radius 1 is 1.32 bits per heavy atom. The van der Waals surface area contributed by atoms with Crippen LogP contribution in [0.1, 0.15) is 37.2 Å². The molecule has 1 aliphatic heterocycles. The van der Waals surface area contributed by atoms with E-state index in [9.17, 15) is 9.59 Å². The van der Waals surface area contributed by atoms with Crippen molar-refractivity contribution < 1.29 is 14.0 Å². The summed E-state index contributed by atoms with van der Waals surface area (Å²) in [6.45, 7) is 2.37. The predicted octanol–water partition coefficient (Wildman–Crippen LogP) is 1.36. The number of nitrogens with one attached hydrogen (secondary N) is 1. The van der Waals surface area contributed by atoms with Crippen molar-refractivity contribution in [1.82, 2.24) is 10.2 Å². The molecule has 0 bridgehead atoms. The predicted molar refractivity (Wildman–Crippen MR) is 68.2 cm³/mol. The first-order valence-corrected chi connectivity index (χ1v) is 6.75. The minimum absolute atomic E-state index is 0.0404. The van der Waals surface area contributed by atoms with Gasteiger partial charge >= 0.3 is 0 Å². The fourth-order valence-corrected chi connectivity index (χ4v) is 3.11. The van der Waals surface area contributed by atoms with E-state index in [-0.39, 0.29) is 18.4 Å². The minimum Gasteiger partial charge on any atom is -0.464 e. The first-order chi connectivity index (χ1) is 9.09. The van der Waals surface area contributed by atoms with E-state index in [2.05, 4.69) is 5.32 Å². The molecule has 0 unspecified atom stereocenters. The first-order valence-electron chi connectivity index (χ1n) is 6.75. The average Bonchev–Trinajstić information content (AvgIpc) is 2.96. The number of aryl methyl sites for hydroxylation is 1. The summed E-state index contributed by atoms with van der Waals surface area (Å²) in [5.74, 6) is 1.52. The van der Waals surface area contributed by atoms with E-state index in [1.165, 1.54) is 0 Å². The smallest absolute Gasteiger partial charge is 0.249 e. The number of amides is 2. The van der Waals surface area contributed by atoms with E-state index in [0.29, 0.717) is 6.54 Å². The van der Waals surface area contributed by atoms with Crippen molar-refractivity contribution in [2.24, 2.45) is 0 Å². The number of carbonyl (C=O) groups is 2. The van der Waals surface area contributed by atoms with E-state index < -0.39 is 5.54 Å². The number of piperazine rings is 1. The summed E-state index contributed by atoms with van der Waals surface area (Å²) in [6, 6.07) is 3.73. The van der Waals surface area contributed by atoms with Crippen molar-refractivity contribution >= 4 is 11.8 Å². The number of carbonyl (C=O) groups excluding carboxylic acids is 2. The molecule has 1 saturated heterocycles. The zero-order valence-corrected chi connectivity index (χ0v) is 11.1. The molecule has 0 aromatic carbocycles. The topological polar surface area (TPSA) is 62.6 Å². The molecular formula is C14H18N2O3. The van der Waals surface area contributed by atoms with Crippen LogP contribution in [0.15, 0.2) is 16.5 Å². The zero-order valence-electron chi connectivity index (χ0n) is 11.1. The summed E-state index contributed by atoms with van der Waals surface area (Å²) in [5, 5.41) is 2.90. The second-order valence-corrected chi connectivity index (χ2v) is 5.51. The molecule has 2 heterocycles. The van der Waals surface area contributed by atoms with Crippen LogP contribution in [0, 0.1) is 6.92 Å². The molecule has 2 fully saturated rings. The minimum atomic E-state index is -0.642. The zero-order chi connectivity index (χ0) is 13.5. The molecule has 1 saturated carbocycles. The molecule has 5 nitrogen and oxygen atoms in total. The quantitative estimate of drug-likeness (QED) is 0.875. The highest BCUT2D eigenvalue weighted by molar-refractivity contribution is 5.98. The largest absolute Gasteiger partial charge is 0.464 e. The van der Waals surface area contributed by atoms with Gasteiger partial charge in [-0.2, -0.15) is 0 Å². The fraction of sp³-hybridized carbons (Fsp3) is 0.571. The van der Waals surface area contributed by atoms with Crippen LogP contribution in [0.4, 0.5) is 0 Å². The summed E-state index contributed by atoms with van der Waals surface area (Å²) in [4.78, 5) is 26.0. The molecule has 19 heavy (non-hydrogen) atoms. The number of hydrogen-bond acceptors (Lipinski definition) is 3. The van der Waals surface area contributed by atoms with Crippen LogP contribution in [0.2, 0.25) is 0 Å². The van der Waals surface area contributed by atoms with Gasteiger partial charge in [0.15, 0.2) is 0 Å². The van der Waals surface area contributed by atoms with Crippen molar-refractivity contribution in [2.75, 3.05) is 6.54 Å². The number of furan rings is 1. The SMILES string of the molecule is Cc1ccc(CN2CC(=O)NC3(CCCC3)C2=O)o1. The van der Waals surface area contributed by atoms with Crippen LogP contribution < -0.4 is 5.32 Å². The van der Waals surface area contributed by atoms with Crippen LogP contribution >= 0.6 is 0 Å². The highest BCUT2D eigenvalue weighted by atomic mass is 16.3. The lowest BCUT2D eigenvalue weighted by Crippen LogP contribution is -2.65. The summed E-state index contributed by atoms with van der Waals surface area (Å²) < 4.78 is 5.50. The van der Waals surface area contributed by atoms with Crippen molar-refractivity contribution in [2.45, 2.75) is 44.7 Å². The molecule has 3 rings (SSSR count). The Hall–Kier alpha value is -1.78. The summed E-state index contributed by atoms with van der Waals surface area (Å²) in [5.41, 5.74) is -0.642. The highest BCUT2D eigenvalue weighted by Gasteiger charge is 2.48. The van der Waals surface area contributed by atoms with Crippen molar-refractivity contribution in [3.8, 4) is 0 Å². The fourth-order valence-electron chi connectivity index (χ4n) is 3.11. The van der Waals surface area contributed by atoms with Crippen LogP contribution in [0.25, 0.3) is 0 Å². The van der Waals surface area contributed by atoms with E-state index >= 15 is 0 Å². The van der Waals surface area contributed by atoms with Crippen LogP contribution in [-0.2, 0) is 16.1 Å². The number of rotatable bonds is 2. The van der Waals surface area contributed by atoms with Gasteiger partial charge in [0.25, 0.3) is 0 Å². The van der Waals surface area contributed by atoms with Gasteiger partial charge in [0.2, 0.25) is 11.8 Å². The molecule has 0 radical (unpaired) electrons. The summed E-state index contributed by atoms with van der Waals surface area (Å²) in [6.07, 6.45) is 3.51. The van der Waals surface area contributed by atoms with E-state index in [0.717, 1.165) is 37.2 Å². The molecule has 1 aromatic rings. The number of hydrogen-bond donors (Lipinski definition) is 1. The van der Waals surface area contributed by atoms with Gasteiger partial charge in [0.05, 0.1) is 6.54 Å². The highest BCUT2D eigenvalue weighted by Crippen LogP contribution is 2.33. The van der Waals surface area contributed by atoms with Crippen LogP contribution in [-0.4, -0.2) is 28.8 Å². The van der Waals surface area contributed by atoms with Crippen molar-refractivity contribution in [3.63, 3.8) is 0 Å². The van der Waals surface area contributed by atoms with Crippen LogP contribution in [0.3, 0.4) is 0 Å². The monoisotopic (exact) mass is 262 g/mol. The lowest BCUT2D eigenvalue weighted by Gasteiger charge is -2.39. The molecular weight excluding hydrogens is 244 g/mol. The molecule has 5 heteroatoms. The van der Waals surface area contributed by atoms with Crippen LogP contribution in [0.5, 0.6) is 0 Å².